The Balaban J connectivity index is 3.02. The van der Waals surface area contributed by atoms with Crippen molar-refractivity contribution in [3.05, 3.63) is 23.8 Å². The number of methoxy groups -OCH3 is 1. The van der Waals surface area contributed by atoms with Crippen LogP contribution in [0, 0.1) is 0 Å². The molecule has 0 bridgehead atoms. The van der Waals surface area contributed by atoms with Gasteiger partial charge in [-0.1, -0.05) is 22.0 Å². The molecular weight excluding hydrogens is 236 g/mol. The van der Waals surface area contributed by atoms with Crippen LogP contribution in [0.4, 0.5) is 0 Å². The van der Waals surface area contributed by atoms with Gasteiger partial charge in [0.25, 0.3) is 0 Å². The summed E-state index contributed by atoms with van der Waals surface area (Å²) in [6.45, 7) is 0. The van der Waals surface area contributed by atoms with Gasteiger partial charge in [-0.05, 0) is 17.7 Å². The number of alkyl halides is 1. The molecule has 0 amide bonds. The lowest BCUT2D eigenvalue weighted by Gasteiger charge is -2.06. The Hall–Kier alpha value is -1.03. The number of carbonyl (C=O) groups is 1. The van der Waals surface area contributed by atoms with Crippen LogP contribution in [0.25, 0.3) is 0 Å². The van der Waals surface area contributed by atoms with Crippen molar-refractivity contribution in [2.24, 2.45) is 0 Å². The number of ether oxygens (including phenoxy) is 1. The van der Waals surface area contributed by atoms with Gasteiger partial charge < -0.3 is 14.6 Å². The van der Waals surface area contributed by atoms with E-state index in [1.807, 2.05) is 0 Å². The van der Waals surface area contributed by atoms with Crippen LogP contribution < -0.4 is 4.74 Å². The minimum atomic E-state index is -0.385. The van der Waals surface area contributed by atoms with Gasteiger partial charge in [0.1, 0.15) is 6.29 Å². The van der Waals surface area contributed by atoms with E-state index in [1.54, 1.807) is 12.1 Å². The summed E-state index contributed by atoms with van der Waals surface area (Å²) in [7, 11) is 1.47. The van der Waals surface area contributed by atoms with Crippen LogP contribution in [-0.2, 0) is 4.79 Å². The fourth-order valence-electron chi connectivity index (χ4n) is 0.957. The molecule has 1 unspecified atom stereocenters. The minimum Gasteiger partial charge on any atom is -0.504 e. The lowest BCUT2D eigenvalue weighted by molar-refractivity contribution is -0.107. The van der Waals surface area contributed by atoms with Crippen LogP contribution in [0.3, 0.4) is 0 Å². The van der Waals surface area contributed by atoms with Gasteiger partial charge in [0.05, 0.1) is 11.9 Å². The number of hydrogen-bond acceptors (Lipinski definition) is 3. The highest BCUT2D eigenvalue weighted by Crippen LogP contribution is 2.30. The summed E-state index contributed by atoms with van der Waals surface area (Å²) < 4.78 is 4.86. The average Bonchev–Trinajstić information content (AvgIpc) is 2.16. The van der Waals surface area contributed by atoms with Crippen molar-refractivity contribution in [3.63, 3.8) is 0 Å². The number of phenolic OH excluding ortho intramolecular Hbond substituents is 1. The van der Waals surface area contributed by atoms with E-state index in [9.17, 15) is 9.90 Å². The summed E-state index contributed by atoms with van der Waals surface area (Å²) >= 11 is 3.15. The molecule has 0 heterocycles. The fourth-order valence-corrected chi connectivity index (χ4v) is 1.24. The van der Waals surface area contributed by atoms with E-state index >= 15 is 0 Å². The zero-order chi connectivity index (χ0) is 9.84. The van der Waals surface area contributed by atoms with Gasteiger partial charge in [-0.3, -0.25) is 0 Å². The first-order valence-corrected chi connectivity index (χ1v) is 4.57. The van der Waals surface area contributed by atoms with E-state index in [1.165, 1.54) is 13.2 Å². The Morgan fingerprint density at radius 2 is 2.31 bits per heavy atom. The number of halogens is 1. The maximum atomic E-state index is 10.4. The van der Waals surface area contributed by atoms with Crippen LogP contribution in [0.1, 0.15) is 10.4 Å². The summed E-state index contributed by atoms with van der Waals surface area (Å²) in [4.78, 5) is 10.0. The highest BCUT2D eigenvalue weighted by Gasteiger charge is 2.08. The molecule has 0 saturated carbocycles. The van der Waals surface area contributed by atoms with Gasteiger partial charge in [-0.15, -0.1) is 0 Å². The number of carbonyl (C=O) groups excluding carboxylic acids is 1. The zero-order valence-corrected chi connectivity index (χ0v) is 8.61. The van der Waals surface area contributed by atoms with Gasteiger partial charge >= 0.3 is 0 Å². The summed E-state index contributed by atoms with van der Waals surface area (Å²) in [5.74, 6) is 0.431. The van der Waals surface area contributed by atoms with E-state index in [0.717, 1.165) is 6.29 Å². The Labute approximate surface area is 84.5 Å². The molecule has 1 atom stereocenters. The molecule has 1 aromatic rings. The number of aldehydes is 1. The van der Waals surface area contributed by atoms with Gasteiger partial charge in [-0.25, -0.2) is 0 Å². The first kappa shape index (κ1) is 10.1. The second kappa shape index (κ2) is 4.28. The molecule has 70 valence electrons. The molecule has 0 aliphatic carbocycles. The van der Waals surface area contributed by atoms with Crippen LogP contribution in [0.2, 0.25) is 0 Å². The Morgan fingerprint density at radius 1 is 1.62 bits per heavy atom. The smallest absolute Gasteiger partial charge is 0.160 e. The highest BCUT2D eigenvalue weighted by atomic mass is 79.9. The third kappa shape index (κ3) is 2.21. The molecule has 0 spiro atoms. The third-order valence-corrected chi connectivity index (χ3v) is 2.39. The van der Waals surface area contributed by atoms with Crippen LogP contribution in [-0.4, -0.2) is 18.5 Å². The third-order valence-electron chi connectivity index (χ3n) is 1.64. The summed E-state index contributed by atoms with van der Waals surface area (Å²) in [5.41, 5.74) is 0.702. The molecule has 3 nitrogen and oxygen atoms in total. The number of hydrogen-bond donors (Lipinski definition) is 1. The van der Waals surface area contributed by atoms with Crippen molar-refractivity contribution in [2.75, 3.05) is 7.11 Å². The number of phenols is 1. The first-order chi connectivity index (χ1) is 6.19. The maximum Gasteiger partial charge on any atom is 0.160 e. The molecule has 1 rings (SSSR count). The second-order valence-electron chi connectivity index (χ2n) is 2.47. The van der Waals surface area contributed by atoms with E-state index < -0.39 is 0 Å². The van der Waals surface area contributed by atoms with Crippen LogP contribution >= 0.6 is 15.9 Å². The highest BCUT2D eigenvalue weighted by molar-refractivity contribution is 9.09. The monoisotopic (exact) mass is 244 g/mol. The topological polar surface area (TPSA) is 46.5 Å². The molecule has 0 radical (unpaired) electrons. The maximum absolute atomic E-state index is 10.4. The van der Waals surface area contributed by atoms with Gasteiger partial charge in [0, 0.05) is 0 Å². The van der Waals surface area contributed by atoms with Crippen molar-refractivity contribution in [1.29, 1.82) is 0 Å². The molecule has 0 fully saturated rings. The van der Waals surface area contributed by atoms with Crippen molar-refractivity contribution in [1.82, 2.24) is 0 Å². The standard InChI is InChI=1S/C9H9BrO3/c1-13-9-3-2-6(4-8(9)12)7(10)5-11/h2-5,7,12H,1H3. The lowest BCUT2D eigenvalue weighted by atomic mass is 10.1. The van der Waals surface area contributed by atoms with Gasteiger partial charge in [-0.2, -0.15) is 0 Å². The normalized spacial score (nSPS) is 12.2. The summed E-state index contributed by atoms with van der Waals surface area (Å²) in [5, 5.41) is 9.37. The van der Waals surface area contributed by atoms with Crippen molar-refractivity contribution in [2.45, 2.75) is 4.83 Å². The van der Waals surface area contributed by atoms with Gasteiger partial charge in [0.15, 0.2) is 11.5 Å². The van der Waals surface area contributed by atoms with Crippen LogP contribution in [0.15, 0.2) is 18.2 Å². The van der Waals surface area contributed by atoms with Crippen molar-refractivity contribution in [3.8, 4) is 11.5 Å². The molecule has 0 aliphatic rings. The fraction of sp³-hybridized carbons (Fsp3) is 0.222. The predicted octanol–water partition coefficient (Wildman–Crippen LogP) is 2.04. The molecule has 1 aromatic carbocycles. The van der Waals surface area contributed by atoms with E-state index in [-0.39, 0.29) is 10.6 Å². The lowest BCUT2D eigenvalue weighted by Crippen LogP contribution is -1.91. The molecule has 0 saturated heterocycles. The quantitative estimate of drug-likeness (QED) is 0.654. The van der Waals surface area contributed by atoms with Gasteiger partial charge in [0.2, 0.25) is 0 Å². The van der Waals surface area contributed by atoms with E-state index in [2.05, 4.69) is 15.9 Å². The zero-order valence-electron chi connectivity index (χ0n) is 7.03. The van der Waals surface area contributed by atoms with Crippen molar-refractivity contribution < 1.29 is 14.6 Å². The number of rotatable bonds is 3. The summed E-state index contributed by atoms with van der Waals surface area (Å²) in [6, 6.07) is 4.82. The Morgan fingerprint density at radius 3 is 2.77 bits per heavy atom. The average molecular weight is 245 g/mol. The summed E-state index contributed by atoms with van der Waals surface area (Å²) in [6.07, 6.45) is 0.751. The SMILES string of the molecule is COc1ccc(C(Br)C=O)cc1O. The minimum absolute atomic E-state index is 0.0336. The number of benzene rings is 1. The Kier molecular flexibility index (Phi) is 3.31. The Bertz CT molecular complexity index is 312. The molecular formula is C9H9BrO3. The van der Waals surface area contributed by atoms with E-state index in [0.29, 0.717) is 11.3 Å². The van der Waals surface area contributed by atoms with Crippen LogP contribution in [0.5, 0.6) is 11.5 Å². The second-order valence-corrected chi connectivity index (χ2v) is 3.46. The molecule has 0 aliphatic heterocycles. The first-order valence-electron chi connectivity index (χ1n) is 3.65. The molecule has 13 heavy (non-hydrogen) atoms. The molecule has 0 aromatic heterocycles. The molecule has 1 N–H and O–H groups in total. The van der Waals surface area contributed by atoms with Crippen molar-refractivity contribution >= 4 is 22.2 Å². The molecule has 4 heteroatoms. The van der Waals surface area contributed by atoms with E-state index in [4.69, 9.17) is 4.74 Å². The predicted molar refractivity (Wildman–Crippen MR) is 52.4 cm³/mol. The largest absolute Gasteiger partial charge is 0.504 e. The number of aromatic hydroxyl groups is 1.